The molecule has 0 bridgehead atoms. The smallest absolute Gasteiger partial charge is 0.140 e. The molecule has 2 aromatic carbocycles. The van der Waals surface area contributed by atoms with Crippen LogP contribution in [0.2, 0.25) is 0 Å². The number of terminal acetylenes is 1. The quantitative estimate of drug-likeness (QED) is 0.837. The molecular formula is C15H11FO2. The summed E-state index contributed by atoms with van der Waals surface area (Å²) in [4.78, 5) is 0. The van der Waals surface area contributed by atoms with Crippen LogP contribution in [0.5, 0.6) is 11.5 Å². The van der Waals surface area contributed by atoms with Crippen LogP contribution in [0, 0.1) is 18.2 Å². The lowest BCUT2D eigenvalue weighted by Gasteiger charge is -2.08. The minimum Gasteiger partial charge on any atom is -0.457 e. The minimum atomic E-state index is -0.971. The number of rotatable bonds is 3. The predicted octanol–water partition coefficient (Wildman–Crippen LogP) is 3.28. The summed E-state index contributed by atoms with van der Waals surface area (Å²) in [5.41, 5.74) is 0.561. The molecule has 1 unspecified atom stereocenters. The molecule has 1 N–H and O–H groups in total. The molecule has 0 aliphatic rings. The van der Waals surface area contributed by atoms with E-state index in [1.807, 2.05) is 0 Å². The van der Waals surface area contributed by atoms with E-state index >= 15 is 0 Å². The third-order valence-electron chi connectivity index (χ3n) is 2.36. The third-order valence-corrected chi connectivity index (χ3v) is 2.36. The summed E-state index contributed by atoms with van der Waals surface area (Å²) in [5.74, 6) is 2.74. The SMILES string of the molecule is C#CC(O)c1cccc(Oc2cccc(F)c2)c1. The van der Waals surface area contributed by atoms with E-state index in [4.69, 9.17) is 11.2 Å². The lowest BCUT2D eigenvalue weighted by Crippen LogP contribution is -1.94. The third kappa shape index (κ3) is 2.88. The second kappa shape index (κ2) is 5.35. The van der Waals surface area contributed by atoms with Crippen molar-refractivity contribution in [3.8, 4) is 23.8 Å². The van der Waals surface area contributed by atoms with Gasteiger partial charge in [-0.1, -0.05) is 24.1 Å². The number of benzene rings is 2. The van der Waals surface area contributed by atoms with Gasteiger partial charge in [0.1, 0.15) is 23.4 Å². The molecule has 0 heterocycles. The molecule has 0 aliphatic heterocycles. The van der Waals surface area contributed by atoms with E-state index in [1.165, 1.54) is 12.1 Å². The van der Waals surface area contributed by atoms with Crippen LogP contribution in [-0.2, 0) is 0 Å². The van der Waals surface area contributed by atoms with E-state index < -0.39 is 6.10 Å². The topological polar surface area (TPSA) is 29.5 Å². The van der Waals surface area contributed by atoms with Gasteiger partial charge in [0.05, 0.1) is 0 Å². The molecule has 1 atom stereocenters. The number of hydrogen-bond acceptors (Lipinski definition) is 2. The van der Waals surface area contributed by atoms with Gasteiger partial charge in [-0.2, -0.15) is 0 Å². The first-order chi connectivity index (χ1) is 8.69. The summed E-state index contributed by atoms with van der Waals surface area (Å²) in [7, 11) is 0. The van der Waals surface area contributed by atoms with Crippen molar-refractivity contribution in [2.24, 2.45) is 0 Å². The number of aliphatic hydroxyl groups is 1. The monoisotopic (exact) mass is 242 g/mol. The number of halogens is 1. The van der Waals surface area contributed by atoms with Gasteiger partial charge in [0.15, 0.2) is 0 Å². The molecule has 0 fully saturated rings. The Morgan fingerprint density at radius 1 is 1.11 bits per heavy atom. The van der Waals surface area contributed by atoms with Crippen LogP contribution >= 0.6 is 0 Å². The van der Waals surface area contributed by atoms with Gasteiger partial charge >= 0.3 is 0 Å². The Balaban J connectivity index is 2.22. The largest absolute Gasteiger partial charge is 0.457 e. The van der Waals surface area contributed by atoms with Crippen LogP contribution in [0.3, 0.4) is 0 Å². The van der Waals surface area contributed by atoms with E-state index in [0.29, 0.717) is 17.1 Å². The zero-order valence-corrected chi connectivity index (χ0v) is 9.51. The van der Waals surface area contributed by atoms with Gasteiger partial charge < -0.3 is 9.84 Å². The normalized spacial score (nSPS) is 11.6. The fourth-order valence-corrected chi connectivity index (χ4v) is 1.51. The van der Waals surface area contributed by atoms with E-state index in [0.717, 1.165) is 0 Å². The van der Waals surface area contributed by atoms with Crippen LogP contribution in [0.15, 0.2) is 48.5 Å². The van der Waals surface area contributed by atoms with Crippen molar-refractivity contribution in [1.82, 2.24) is 0 Å². The maximum atomic E-state index is 13.0. The van der Waals surface area contributed by atoms with Gasteiger partial charge in [0, 0.05) is 6.07 Å². The van der Waals surface area contributed by atoms with Crippen LogP contribution in [-0.4, -0.2) is 5.11 Å². The van der Waals surface area contributed by atoms with E-state index in [9.17, 15) is 9.50 Å². The Morgan fingerprint density at radius 3 is 2.44 bits per heavy atom. The van der Waals surface area contributed by atoms with Crippen LogP contribution in [0.1, 0.15) is 11.7 Å². The van der Waals surface area contributed by atoms with Crippen molar-refractivity contribution in [2.45, 2.75) is 6.10 Å². The standard InChI is InChI=1S/C15H11FO2/c1-2-15(17)11-5-3-7-13(9-11)18-14-8-4-6-12(16)10-14/h1,3-10,15,17H. The molecule has 3 heteroatoms. The maximum Gasteiger partial charge on any atom is 0.140 e. The average Bonchev–Trinajstić information content (AvgIpc) is 2.38. The summed E-state index contributed by atoms with van der Waals surface area (Å²) in [6, 6.07) is 12.6. The van der Waals surface area contributed by atoms with E-state index in [2.05, 4.69) is 5.92 Å². The lowest BCUT2D eigenvalue weighted by molar-refractivity contribution is 0.238. The summed E-state index contributed by atoms with van der Waals surface area (Å²) in [6.45, 7) is 0. The van der Waals surface area contributed by atoms with Crippen molar-refractivity contribution in [2.75, 3.05) is 0 Å². The number of aliphatic hydroxyl groups excluding tert-OH is 1. The molecule has 2 aromatic rings. The highest BCUT2D eigenvalue weighted by atomic mass is 19.1. The summed E-state index contributed by atoms with van der Waals surface area (Å²) < 4.78 is 18.5. The van der Waals surface area contributed by atoms with Crippen molar-refractivity contribution >= 4 is 0 Å². The molecule has 0 saturated heterocycles. The summed E-state index contributed by atoms with van der Waals surface area (Å²) >= 11 is 0. The Morgan fingerprint density at radius 2 is 1.78 bits per heavy atom. The molecular weight excluding hydrogens is 231 g/mol. The Bertz CT molecular complexity index is 587. The minimum absolute atomic E-state index is 0.368. The highest BCUT2D eigenvalue weighted by Crippen LogP contribution is 2.24. The Labute approximate surface area is 105 Å². The van der Waals surface area contributed by atoms with Gasteiger partial charge in [0.2, 0.25) is 0 Å². The van der Waals surface area contributed by atoms with Crippen molar-refractivity contribution in [3.63, 3.8) is 0 Å². The Hall–Kier alpha value is -2.31. The lowest BCUT2D eigenvalue weighted by atomic mass is 10.1. The Kier molecular flexibility index (Phi) is 3.61. The van der Waals surface area contributed by atoms with Crippen molar-refractivity contribution in [1.29, 1.82) is 0 Å². The first-order valence-electron chi connectivity index (χ1n) is 5.36. The molecule has 0 radical (unpaired) electrons. The molecule has 2 rings (SSSR count). The second-order valence-electron chi connectivity index (χ2n) is 3.70. The van der Waals surface area contributed by atoms with Crippen LogP contribution in [0.25, 0.3) is 0 Å². The van der Waals surface area contributed by atoms with Crippen LogP contribution in [0.4, 0.5) is 4.39 Å². The zero-order chi connectivity index (χ0) is 13.0. The zero-order valence-electron chi connectivity index (χ0n) is 9.51. The predicted molar refractivity (Wildman–Crippen MR) is 66.7 cm³/mol. The van der Waals surface area contributed by atoms with Crippen LogP contribution < -0.4 is 4.74 Å². The fourth-order valence-electron chi connectivity index (χ4n) is 1.51. The number of hydrogen-bond donors (Lipinski definition) is 1. The summed E-state index contributed by atoms with van der Waals surface area (Å²) in [5, 5.41) is 9.51. The molecule has 90 valence electrons. The van der Waals surface area contributed by atoms with Gasteiger partial charge in [-0.05, 0) is 29.8 Å². The van der Waals surface area contributed by atoms with E-state index in [-0.39, 0.29) is 5.82 Å². The number of ether oxygens (including phenoxy) is 1. The van der Waals surface area contributed by atoms with Crippen molar-refractivity contribution in [3.05, 3.63) is 59.9 Å². The molecule has 0 spiro atoms. The molecule has 18 heavy (non-hydrogen) atoms. The van der Waals surface area contributed by atoms with Gasteiger partial charge in [-0.25, -0.2) is 4.39 Å². The summed E-state index contributed by atoms with van der Waals surface area (Å²) in [6.07, 6.45) is 4.16. The van der Waals surface area contributed by atoms with Gasteiger partial charge in [-0.15, -0.1) is 6.42 Å². The first kappa shape index (κ1) is 12.2. The average molecular weight is 242 g/mol. The fraction of sp³-hybridized carbons (Fsp3) is 0.0667. The van der Waals surface area contributed by atoms with E-state index in [1.54, 1.807) is 36.4 Å². The highest BCUT2D eigenvalue weighted by Gasteiger charge is 2.05. The molecule has 0 saturated carbocycles. The van der Waals surface area contributed by atoms with Gasteiger partial charge in [-0.3, -0.25) is 0 Å². The van der Waals surface area contributed by atoms with Gasteiger partial charge in [0.25, 0.3) is 0 Å². The molecule has 0 amide bonds. The molecule has 0 aliphatic carbocycles. The maximum absolute atomic E-state index is 13.0. The highest BCUT2D eigenvalue weighted by molar-refractivity contribution is 5.36. The molecule has 0 aromatic heterocycles. The van der Waals surface area contributed by atoms with Crippen molar-refractivity contribution < 1.29 is 14.2 Å². The second-order valence-corrected chi connectivity index (χ2v) is 3.70. The first-order valence-corrected chi connectivity index (χ1v) is 5.36. The molecule has 2 nitrogen and oxygen atoms in total.